The Bertz CT molecular complexity index is 1250. The molecule has 0 aromatic heterocycles. The molecule has 0 bridgehead atoms. The van der Waals surface area contributed by atoms with E-state index >= 15 is 0 Å². The zero-order valence-corrected chi connectivity index (χ0v) is 15.6. The number of nitrogens with one attached hydrogen (secondary N) is 2. The van der Waals surface area contributed by atoms with E-state index in [2.05, 4.69) is 14.4 Å². The third-order valence-corrected chi connectivity index (χ3v) is 5.29. The molecule has 6 nitrogen and oxygen atoms in total. The summed E-state index contributed by atoms with van der Waals surface area (Å²) in [7, 11) is -3.83. The second kappa shape index (κ2) is 7.18. The minimum atomic E-state index is -3.83. The lowest BCUT2D eigenvalue weighted by atomic mass is 10.0. The molecule has 7 heteroatoms. The molecule has 4 rings (SSSR count). The van der Waals surface area contributed by atoms with E-state index in [1.807, 2.05) is 48.5 Å². The molecule has 0 unspecified atom stereocenters. The summed E-state index contributed by atoms with van der Waals surface area (Å²) in [5.74, 6) is 0.221. The molecule has 0 aliphatic carbocycles. The molecule has 1 heterocycles. The lowest BCUT2D eigenvalue weighted by Crippen LogP contribution is -2.30. The molecule has 138 valence electrons. The van der Waals surface area contributed by atoms with Crippen LogP contribution in [0.15, 0.2) is 82.9 Å². The molecule has 1 aliphatic rings. The lowest BCUT2D eigenvalue weighted by molar-refractivity contribution is 0.589. The number of fused-ring (bicyclic) bond motifs is 1. The number of hydrogen-bond donors (Lipinski definition) is 2. The number of amidine groups is 1. The zero-order valence-electron chi connectivity index (χ0n) is 14.8. The predicted octanol–water partition coefficient (Wildman–Crippen LogP) is 3.50. The predicted molar refractivity (Wildman–Crippen MR) is 110 cm³/mol. The second-order valence-electron chi connectivity index (χ2n) is 6.35. The van der Waals surface area contributed by atoms with Crippen molar-refractivity contribution in [1.29, 1.82) is 5.26 Å². The summed E-state index contributed by atoms with van der Waals surface area (Å²) in [4.78, 5) is 0. The second-order valence-corrected chi connectivity index (χ2v) is 7.69. The highest BCUT2D eigenvalue weighted by atomic mass is 32.2. The van der Waals surface area contributed by atoms with E-state index in [-0.39, 0.29) is 5.84 Å². The fourth-order valence-electron chi connectivity index (χ4n) is 3.11. The van der Waals surface area contributed by atoms with Gasteiger partial charge in [0.1, 0.15) is 5.84 Å². The maximum atomic E-state index is 12.2. The Labute approximate surface area is 163 Å². The zero-order chi connectivity index (χ0) is 19.6. The van der Waals surface area contributed by atoms with Gasteiger partial charge in [0.15, 0.2) is 0 Å². The van der Waals surface area contributed by atoms with Gasteiger partial charge < -0.3 is 5.32 Å². The lowest BCUT2D eigenvalue weighted by Gasteiger charge is -2.17. The van der Waals surface area contributed by atoms with Crippen LogP contribution in [0.5, 0.6) is 0 Å². The SMILES string of the molecule is N#Cc1ccc(NC2=NS(=O)(=O)NC(Cc3cccc4ccccc34)=C2)cc1. The van der Waals surface area contributed by atoms with E-state index in [1.165, 1.54) is 0 Å². The molecule has 1 aliphatic heterocycles. The smallest absolute Gasteiger partial charge is 0.339 e. The van der Waals surface area contributed by atoms with E-state index < -0.39 is 10.2 Å². The Morgan fingerprint density at radius 2 is 1.75 bits per heavy atom. The van der Waals surface area contributed by atoms with Gasteiger partial charge >= 0.3 is 10.2 Å². The van der Waals surface area contributed by atoms with Crippen LogP contribution in [0, 0.1) is 11.3 Å². The minimum Gasteiger partial charge on any atom is -0.339 e. The fraction of sp³-hybridized carbons (Fsp3) is 0.0476. The van der Waals surface area contributed by atoms with Crippen LogP contribution in [-0.2, 0) is 16.6 Å². The number of hydrogen-bond acceptors (Lipinski definition) is 4. The van der Waals surface area contributed by atoms with Crippen LogP contribution in [0.4, 0.5) is 5.69 Å². The largest absolute Gasteiger partial charge is 0.343 e. The highest BCUT2D eigenvalue weighted by Gasteiger charge is 2.19. The first-order valence-electron chi connectivity index (χ1n) is 8.59. The summed E-state index contributed by atoms with van der Waals surface area (Å²) in [6.45, 7) is 0. The molecule has 3 aromatic carbocycles. The molecule has 28 heavy (non-hydrogen) atoms. The first kappa shape index (κ1) is 17.8. The van der Waals surface area contributed by atoms with Crippen molar-refractivity contribution in [2.24, 2.45) is 4.40 Å². The van der Waals surface area contributed by atoms with Crippen LogP contribution in [-0.4, -0.2) is 14.3 Å². The summed E-state index contributed by atoms with van der Waals surface area (Å²) in [5.41, 5.74) is 2.72. The van der Waals surface area contributed by atoms with Gasteiger partial charge in [-0.2, -0.15) is 13.7 Å². The average molecular weight is 388 g/mol. The maximum Gasteiger partial charge on any atom is 0.343 e. The van der Waals surface area contributed by atoms with Crippen LogP contribution in [0.1, 0.15) is 11.1 Å². The van der Waals surface area contributed by atoms with E-state index in [0.29, 0.717) is 23.4 Å². The van der Waals surface area contributed by atoms with Crippen molar-refractivity contribution in [3.05, 3.63) is 89.6 Å². The van der Waals surface area contributed by atoms with Gasteiger partial charge in [-0.1, -0.05) is 42.5 Å². The van der Waals surface area contributed by atoms with E-state index in [4.69, 9.17) is 5.26 Å². The van der Waals surface area contributed by atoms with Crippen LogP contribution < -0.4 is 10.0 Å². The van der Waals surface area contributed by atoms with Crippen molar-refractivity contribution < 1.29 is 8.42 Å². The van der Waals surface area contributed by atoms with Crippen LogP contribution >= 0.6 is 0 Å². The molecule has 0 saturated carbocycles. The molecule has 0 spiro atoms. The van der Waals surface area contributed by atoms with Gasteiger partial charge in [0, 0.05) is 23.9 Å². The number of anilines is 1. The highest BCUT2D eigenvalue weighted by molar-refractivity contribution is 7.88. The van der Waals surface area contributed by atoms with Gasteiger partial charge in [-0.15, -0.1) is 4.40 Å². The van der Waals surface area contributed by atoms with E-state index in [0.717, 1.165) is 16.3 Å². The molecule has 0 fully saturated rings. The Kier molecular flexibility index (Phi) is 4.55. The highest BCUT2D eigenvalue weighted by Crippen LogP contribution is 2.22. The van der Waals surface area contributed by atoms with Gasteiger partial charge in [-0.05, 0) is 40.6 Å². The summed E-state index contributed by atoms with van der Waals surface area (Å²) in [6, 6.07) is 22.7. The number of benzene rings is 3. The fourth-order valence-corrected chi connectivity index (χ4v) is 3.98. The molecular weight excluding hydrogens is 372 g/mol. The Hall–Kier alpha value is -3.63. The molecular formula is C21H16N4O2S. The van der Waals surface area contributed by atoms with Gasteiger partial charge in [-0.25, -0.2) is 0 Å². The van der Waals surface area contributed by atoms with Gasteiger partial charge in [-0.3, -0.25) is 4.72 Å². The Morgan fingerprint density at radius 1 is 1.00 bits per heavy atom. The normalized spacial score (nSPS) is 15.1. The first-order chi connectivity index (χ1) is 13.5. The number of allylic oxidation sites excluding steroid dienone is 1. The summed E-state index contributed by atoms with van der Waals surface area (Å²) >= 11 is 0. The molecule has 0 radical (unpaired) electrons. The summed E-state index contributed by atoms with van der Waals surface area (Å²) in [5, 5.41) is 14.0. The molecule has 0 atom stereocenters. The topological polar surface area (TPSA) is 94.3 Å². The number of rotatable bonds is 3. The Balaban J connectivity index is 1.63. The van der Waals surface area contributed by atoms with Crippen molar-refractivity contribution in [1.82, 2.24) is 4.72 Å². The van der Waals surface area contributed by atoms with Crippen molar-refractivity contribution >= 4 is 32.5 Å². The number of nitriles is 1. The van der Waals surface area contributed by atoms with Crippen molar-refractivity contribution in [3.8, 4) is 6.07 Å². The van der Waals surface area contributed by atoms with Crippen molar-refractivity contribution in [3.63, 3.8) is 0 Å². The average Bonchev–Trinajstić information content (AvgIpc) is 2.68. The standard InChI is InChI=1S/C21H16N4O2S/c22-14-15-8-10-18(11-9-15)23-21-13-19(24-28(26,27)25-21)12-17-6-3-5-16-4-1-2-7-20(16)17/h1-11,13,24H,12H2,(H,23,25). The molecule has 0 amide bonds. The summed E-state index contributed by atoms with van der Waals surface area (Å²) in [6.07, 6.45) is 2.11. The third-order valence-electron chi connectivity index (χ3n) is 4.34. The third kappa shape index (κ3) is 3.87. The van der Waals surface area contributed by atoms with E-state index in [1.54, 1.807) is 30.3 Å². The Morgan fingerprint density at radius 3 is 2.54 bits per heavy atom. The first-order valence-corrected chi connectivity index (χ1v) is 10.0. The van der Waals surface area contributed by atoms with Gasteiger partial charge in [0.05, 0.1) is 11.6 Å². The maximum absolute atomic E-state index is 12.2. The minimum absolute atomic E-state index is 0.221. The van der Waals surface area contributed by atoms with Crippen molar-refractivity contribution in [2.45, 2.75) is 6.42 Å². The monoisotopic (exact) mass is 388 g/mol. The summed E-state index contributed by atoms with van der Waals surface area (Å²) < 4.78 is 30.6. The van der Waals surface area contributed by atoms with Crippen LogP contribution in [0.25, 0.3) is 10.8 Å². The molecule has 3 aromatic rings. The van der Waals surface area contributed by atoms with Gasteiger partial charge in [0.2, 0.25) is 0 Å². The van der Waals surface area contributed by atoms with Crippen molar-refractivity contribution in [2.75, 3.05) is 5.32 Å². The van der Waals surface area contributed by atoms with Crippen LogP contribution in [0.3, 0.4) is 0 Å². The van der Waals surface area contributed by atoms with Crippen LogP contribution in [0.2, 0.25) is 0 Å². The number of nitrogens with zero attached hydrogens (tertiary/aromatic N) is 2. The quantitative estimate of drug-likeness (QED) is 0.718. The van der Waals surface area contributed by atoms with Gasteiger partial charge in [0.25, 0.3) is 0 Å². The molecule has 2 N–H and O–H groups in total. The van der Waals surface area contributed by atoms with E-state index in [9.17, 15) is 8.42 Å². The molecule has 0 saturated heterocycles.